The lowest BCUT2D eigenvalue weighted by atomic mass is 9.81. The second-order valence-corrected chi connectivity index (χ2v) is 6.81. The molecule has 102 valence electrons. The van der Waals surface area contributed by atoms with Gasteiger partial charge in [0.15, 0.2) is 0 Å². The molecule has 0 radical (unpaired) electrons. The molecule has 0 saturated heterocycles. The number of thiophene rings is 1. The van der Waals surface area contributed by atoms with E-state index in [2.05, 4.69) is 27.4 Å². The Hall–Kier alpha value is -0.0400. The van der Waals surface area contributed by atoms with Crippen molar-refractivity contribution < 1.29 is 8.78 Å². The minimum atomic E-state index is -2.47. The van der Waals surface area contributed by atoms with E-state index in [-0.39, 0.29) is 24.8 Å². The minimum Gasteiger partial charge on any atom is -0.271 e. The average molecular weight is 339 g/mol. The molecule has 0 aromatic carbocycles. The molecule has 2 rings (SSSR count). The standard InChI is InChI=1S/C12H17BrF2N2S/c13-9-5-10(18-7-9)6-11(17-16)8-1-3-12(14,15)4-2-8/h5,7-8,11,17H,1-4,6,16H2. The number of hydrogen-bond acceptors (Lipinski definition) is 3. The number of hydrogen-bond donors (Lipinski definition) is 2. The summed E-state index contributed by atoms with van der Waals surface area (Å²) in [6, 6.07) is 2.15. The Morgan fingerprint density at radius 2 is 2.17 bits per heavy atom. The van der Waals surface area contributed by atoms with E-state index < -0.39 is 5.92 Å². The maximum absolute atomic E-state index is 13.1. The van der Waals surface area contributed by atoms with Crippen molar-refractivity contribution in [3.8, 4) is 0 Å². The molecule has 1 atom stereocenters. The largest absolute Gasteiger partial charge is 0.271 e. The molecule has 1 aliphatic rings. The van der Waals surface area contributed by atoms with Crippen molar-refractivity contribution in [3.05, 3.63) is 20.8 Å². The van der Waals surface area contributed by atoms with Crippen LogP contribution in [0.2, 0.25) is 0 Å². The molecule has 0 amide bonds. The third kappa shape index (κ3) is 3.73. The van der Waals surface area contributed by atoms with Crippen LogP contribution in [0.4, 0.5) is 8.78 Å². The van der Waals surface area contributed by atoms with Crippen molar-refractivity contribution in [1.29, 1.82) is 0 Å². The van der Waals surface area contributed by atoms with Crippen LogP contribution in [0.5, 0.6) is 0 Å². The zero-order valence-corrected chi connectivity index (χ0v) is 12.4. The lowest BCUT2D eigenvalue weighted by Crippen LogP contribution is -2.44. The van der Waals surface area contributed by atoms with E-state index in [1.807, 2.05) is 5.38 Å². The first-order chi connectivity index (χ1) is 8.50. The number of nitrogens with two attached hydrogens (primary N) is 1. The molecule has 0 spiro atoms. The van der Waals surface area contributed by atoms with E-state index in [4.69, 9.17) is 5.84 Å². The lowest BCUT2D eigenvalue weighted by Gasteiger charge is -2.33. The van der Waals surface area contributed by atoms with Gasteiger partial charge in [0.2, 0.25) is 5.92 Å². The van der Waals surface area contributed by atoms with Crippen molar-refractivity contribution in [1.82, 2.24) is 5.43 Å². The Bertz CT molecular complexity index is 387. The highest BCUT2D eigenvalue weighted by Crippen LogP contribution is 2.38. The summed E-state index contributed by atoms with van der Waals surface area (Å²) in [7, 11) is 0. The van der Waals surface area contributed by atoms with Gasteiger partial charge in [0.25, 0.3) is 0 Å². The highest BCUT2D eigenvalue weighted by molar-refractivity contribution is 9.10. The summed E-state index contributed by atoms with van der Waals surface area (Å²) in [6.07, 6.45) is 1.89. The van der Waals surface area contributed by atoms with E-state index in [1.54, 1.807) is 11.3 Å². The highest BCUT2D eigenvalue weighted by Gasteiger charge is 2.37. The Balaban J connectivity index is 1.93. The summed E-state index contributed by atoms with van der Waals surface area (Å²) in [4.78, 5) is 1.22. The zero-order chi connectivity index (χ0) is 13.2. The molecule has 1 heterocycles. The molecule has 18 heavy (non-hydrogen) atoms. The number of rotatable bonds is 4. The third-order valence-electron chi connectivity index (χ3n) is 3.59. The third-order valence-corrected chi connectivity index (χ3v) is 5.31. The fraction of sp³-hybridized carbons (Fsp3) is 0.667. The molecule has 1 unspecified atom stereocenters. The molecule has 0 aliphatic heterocycles. The van der Waals surface area contributed by atoms with Crippen molar-refractivity contribution in [3.63, 3.8) is 0 Å². The first kappa shape index (κ1) is 14.4. The van der Waals surface area contributed by atoms with Crippen LogP contribution in [0.3, 0.4) is 0 Å². The Morgan fingerprint density at radius 1 is 1.50 bits per heavy atom. The Labute approximate surface area is 118 Å². The fourth-order valence-corrected chi connectivity index (χ4v) is 4.02. The van der Waals surface area contributed by atoms with E-state index >= 15 is 0 Å². The molecule has 3 N–H and O–H groups in total. The topological polar surface area (TPSA) is 38.0 Å². The van der Waals surface area contributed by atoms with Crippen LogP contribution >= 0.6 is 27.3 Å². The molecule has 1 saturated carbocycles. The molecule has 1 aliphatic carbocycles. The van der Waals surface area contributed by atoms with Crippen molar-refractivity contribution in [2.45, 2.75) is 44.1 Å². The first-order valence-electron chi connectivity index (χ1n) is 6.07. The Kier molecular flexibility index (Phi) is 4.75. The maximum Gasteiger partial charge on any atom is 0.248 e. The van der Waals surface area contributed by atoms with E-state index in [0.717, 1.165) is 10.9 Å². The minimum absolute atomic E-state index is 0.00994. The Morgan fingerprint density at radius 3 is 2.67 bits per heavy atom. The van der Waals surface area contributed by atoms with Gasteiger partial charge in [-0.3, -0.25) is 11.3 Å². The van der Waals surface area contributed by atoms with Crippen LogP contribution in [-0.4, -0.2) is 12.0 Å². The second-order valence-electron chi connectivity index (χ2n) is 4.90. The summed E-state index contributed by atoms with van der Waals surface area (Å²) in [5.74, 6) is 3.36. The molecular weight excluding hydrogens is 322 g/mol. The number of alkyl halides is 2. The number of hydrazine groups is 1. The summed E-state index contributed by atoms with van der Waals surface area (Å²) in [5.41, 5.74) is 2.80. The maximum atomic E-state index is 13.1. The van der Waals surface area contributed by atoms with Gasteiger partial charge in [-0.15, -0.1) is 11.3 Å². The molecule has 1 fully saturated rings. The predicted octanol–water partition coefficient (Wildman–Crippen LogP) is 3.71. The second kappa shape index (κ2) is 5.94. The van der Waals surface area contributed by atoms with Crippen LogP contribution in [0.1, 0.15) is 30.6 Å². The summed E-state index contributed by atoms with van der Waals surface area (Å²) in [6.45, 7) is 0. The molecule has 6 heteroatoms. The van der Waals surface area contributed by atoms with Gasteiger partial charge in [0.1, 0.15) is 0 Å². The fourth-order valence-electron chi connectivity index (χ4n) is 2.50. The monoisotopic (exact) mass is 338 g/mol. The SMILES string of the molecule is NNC(Cc1cc(Br)cs1)C1CCC(F)(F)CC1. The van der Waals surface area contributed by atoms with Gasteiger partial charge in [-0.1, -0.05) is 0 Å². The zero-order valence-electron chi connectivity index (χ0n) is 9.96. The van der Waals surface area contributed by atoms with Gasteiger partial charge in [0, 0.05) is 33.6 Å². The van der Waals surface area contributed by atoms with Gasteiger partial charge in [-0.25, -0.2) is 8.78 Å². The highest BCUT2D eigenvalue weighted by atomic mass is 79.9. The lowest BCUT2D eigenvalue weighted by molar-refractivity contribution is -0.0495. The van der Waals surface area contributed by atoms with Gasteiger partial charge in [0.05, 0.1) is 0 Å². The van der Waals surface area contributed by atoms with Gasteiger partial charge >= 0.3 is 0 Å². The molecule has 2 nitrogen and oxygen atoms in total. The smallest absolute Gasteiger partial charge is 0.248 e. The number of nitrogens with one attached hydrogen (secondary N) is 1. The van der Waals surface area contributed by atoms with Crippen molar-refractivity contribution >= 4 is 27.3 Å². The van der Waals surface area contributed by atoms with Gasteiger partial charge in [-0.05, 0) is 47.2 Å². The molecule has 1 aromatic rings. The number of halogens is 3. The molecular formula is C12H17BrF2N2S. The van der Waals surface area contributed by atoms with Crippen LogP contribution < -0.4 is 11.3 Å². The van der Waals surface area contributed by atoms with Crippen LogP contribution in [0, 0.1) is 5.92 Å². The van der Waals surface area contributed by atoms with Gasteiger partial charge in [-0.2, -0.15) is 0 Å². The predicted molar refractivity (Wildman–Crippen MR) is 73.7 cm³/mol. The van der Waals surface area contributed by atoms with E-state index in [9.17, 15) is 8.78 Å². The van der Waals surface area contributed by atoms with E-state index in [1.165, 1.54) is 4.88 Å². The van der Waals surface area contributed by atoms with Crippen molar-refractivity contribution in [2.75, 3.05) is 0 Å². The summed E-state index contributed by atoms with van der Waals surface area (Å²) < 4.78 is 27.3. The normalized spacial score (nSPS) is 22.0. The van der Waals surface area contributed by atoms with Crippen molar-refractivity contribution in [2.24, 2.45) is 11.8 Å². The quantitative estimate of drug-likeness (QED) is 0.648. The summed E-state index contributed by atoms with van der Waals surface area (Å²) in [5, 5.41) is 2.03. The summed E-state index contributed by atoms with van der Waals surface area (Å²) >= 11 is 5.08. The van der Waals surface area contributed by atoms with E-state index in [0.29, 0.717) is 12.8 Å². The van der Waals surface area contributed by atoms with Gasteiger partial charge < -0.3 is 0 Å². The molecule has 1 aromatic heterocycles. The first-order valence-corrected chi connectivity index (χ1v) is 7.74. The van der Waals surface area contributed by atoms with Crippen LogP contribution in [-0.2, 0) is 6.42 Å². The van der Waals surface area contributed by atoms with Crippen LogP contribution in [0.25, 0.3) is 0 Å². The van der Waals surface area contributed by atoms with Crippen LogP contribution in [0.15, 0.2) is 15.9 Å². The molecule has 0 bridgehead atoms. The average Bonchev–Trinajstić information content (AvgIpc) is 2.72.